The van der Waals surface area contributed by atoms with Gasteiger partial charge in [-0.05, 0) is 38.0 Å². The number of nitrogens with zero attached hydrogens (tertiary/aromatic N) is 2. The molecule has 5 nitrogen and oxygen atoms in total. The van der Waals surface area contributed by atoms with E-state index >= 15 is 0 Å². The number of hydrogen-bond acceptors (Lipinski definition) is 4. The predicted molar refractivity (Wildman–Crippen MR) is 78.3 cm³/mol. The van der Waals surface area contributed by atoms with E-state index in [2.05, 4.69) is 10.8 Å². The zero-order chi connectivity index (χ0) is 15.8. The highest BCUT2D eigenvalue weighted by Crippen LogP contribution is 2.09. The molecule has 0 N–H and O–H groups in total. The van der Waals surface area contributed by atoms with Crippen molar-refractivity contribution in [3.05, 3.63) is 35.4 Å². The van der Waals surface area contributed by atoms with Crippen LogP contribution in [-0.2, 0) is 20.7 Å². The molecular formula is C16H20N2O3. The lowest BCUT2D eigenvalue weighted by atomic mass is 10.1. The molecule has 0 fully saturated rings. The van der Waals surface area contributed by atoms with Crippen molar-refractivity contribution in [1.29, 1.82) is 5.26 Å². The van der Waals surface area contributed by atoms with E-state index in [4.69, 9.17) is 5.26 Å². The molecule has 112 valence electrons. The monoisotopic (exact) mass is 288 g/mol. The second-order valence-electron chi connectivity index (χ2n) is 5.00. The van der Waals surface area contributed by atoms with Crippen LogP contribution >= 0.6 is 0 Å². The zero-order valence-corrected chi connectivity index (χ0v) is 12.6. The number of rotatable bonds is 6. The molecule has 0 atom stereocenters. The van der Waals surface area contributed by atoms with Gasteiger partial charge in [-0.3, -0.25) is 9.59 Å². The third-order valence-corrected chi connectivity index (χ3v) is 3.18. The van der Waals surface area contributed by atoms with Gasteiger partial charge < -0.3 is 9.64 Å². The number of methoxy groups -OCH3 is 1. The van der Waals surface area contributed by atoms with E-state index in [1.54, 1.807) is 12.1 Å². The summed E-state index contributed by atoms with van der Waals surface area (Å²) in [6.07, 6.45) is 0.899. The van der Waals surface area contributed by atoms with Gasteiger partial charge >= 0.3 is 5.97 Å². The van der Waals surface area contributed by atoms with Crippen molar-refractivity contribution in [2.24, 2.45) is 0 Å². The van der Waals surface area contributed by atoms with Crippen molar-refractivity contribution in [2.45, 2.75) is 32.7 Å². The van der Waals surface area contributed by atoms with Gasteiger partial charge in [-0.15, -0.1) is 0 Å². The van der Waals surface area contributed by atoms with E-state index in [0.29, 0.717) is 18.4 Å². The molecule has 1 rings (SSSR count). The first kappa shape index (κ1) is 16.7. The molecule has 5 heteroatoms. The van der Waals surface area contributed by atoms with Gasteiger partial charge in [0.15, 0.2) is 0 Å². The van der Waals surface area contributed by atoms with E-state index in [1.807, 2.05) is 26.0 Å². The van der Waals surface area contributed by atoms with E-state index in [-0.39, 0.29) is 18.5 Å². The maximum absolute atomic E-state index is 12.2. The van der Waals surface area contributed by atoms with Crippen LogP contribution in [-0.4, -0.2) is 36.5 Å². The third kappa shape index (κ3) is 5.27. The number of nitriles is 1. The Balaban J connectivity index is 2.60. The van der Waals surface area contributed by atoms with Crippen LogP contribution in [0, 0.1) is 11.3 Å². The first-order valence-corrected chi connectivity index (χ1v) is 6.83. The van der Waals surface area contributed by atoms with Gasteiger partial charge in [0, 0.05) is 12.5 Å². The van der Waals surface area contributed by atoms with E-state index in [1.165, 1.54) is 12.0 Å². The molecule has 0 aliphatic heterocycles. The van der Waals surface area contributed by atoms with Crippen molar-refractivity contribution in [2.75, 3.05) is 13.7 Å². The number of esters is 1. The molecule has 0 unspecified atom stereocenters. The van der Waals surface area contributed by atoms with E-state index in [9.17, 15) is 9.59 Å². The highest BCUT2D eigenvalue weighted by atomic mass is 16.5. The van der Waals surface area contributed by atoms with Crippen LogP contribution in [0.3, 0.4) is 0 Å². The van der Waals surface area contributed by atoms with Crippen LogP contribution < -0.4 is 0 Å². The van der Waals surface area contributed by atoms with Crippen LogP contribution in [0.1, 0.15) is 31.4 Å². The average molecular weight is 288 g/mol. The molecule has 0 aliphatic carbocycles. The number of carbonyl (C=O) groups excluding carboxylic acids is 2. The van der Waals surface area contributed by atoms with Crippen LogP contribution in [0.25, 0.3) is 0 Å². The van der Waals surface area contributed by atoms with Crippen molar-refractivity contribution in [3.63, 3.8) is 0 Å². The molecule has 0 bridgehead atoms. The molecule has 0 aliphatic rings. The fourth-order valence-electron chi connectivity index (χ4n) is 1.90. The van der Waals surface area contributed by atoms with Gasteiger partial charge in [0.1, 0.15) is 6.54 Å². The quantitative estimate of drug-likeness (QED) is 0.750. The van der Waals surface area contributed by atoms with Crippen molar-refractivity contribution in [3.8, 4) is 6.07 Å². The molecule has 0 saturated heterocycles. The summed E-state index contributed by atoms with van der Waals surface area (Å²) in [5, 5.41) is 8.73. The number of hydrogen-bond donors (Lipinski definition) is 0. The SMILES string of the molecule is COC(=O)CN(C(=O)CCc1ccc(C#N)cc1)C(C)C. The molecule has 1 aromatic rings. The summed E-state index contributed by atoms with van der Waals surface area (Å²) in [5.41, 5.74) is 1.59. The van der Waals surface area contributed by atoms with Crippen LogP contribution in [0.2, 0.25) is 0 Å². The Morgan fingerprint density at radius 3 is 2.38 bits per heavy atom. The minimum Gasteiger partial charge on any atom is -0.468 e. The van der Waals surface area contributed by atoms with Gasteiger partial charge in [-0.2, -0.15) is 5.26 Å². The van der Waals surface area contributed by atoms with Crippen LogP contribution in [0.5, 0.6) is 0 Å². The number of benzene rings is 1. The summed E-state index contributed by atoms with van der Waals surface area (Å²) in [4.78, 5) is 25.0. The maximum atomic E-state index is 12.2. The highest BCUT2D eigenvalue weighted by Gasteiger charge is 2.20. The van der Waals surface area contributed by atoms with Crippen molar-refractivity contribution >= 4 is 11.9 Å². The lowest BCUT2D eigenvalue weighted by Crippen LogP contribution is -2.41. The molecule has 0 saturated carbocycles. The Bertz CT molecular complexity index is 529. The Kier molecular flexibility index (Phi) is 6.41. The lowest BCUT2D eigenvalue weighted by molar-refractivity contribution is -0.148. The summed E-state index contributed by atoms with van der Waals surface area (Å²) in [5.74, 6) is -0.504. The molecule has 0 heterocycles. The van der Waals surface area contributed by atoms with Crippen LogP contribution in [0.4, 0.5) is 0 Å². The summed E-state index contributed by atoms with van der Waals surface area (Å²) < 4.78 is 4.61. The Morgan fingerprint density at radius 2 is 1.90 bits per heavy atom. The van der Waals surface area contributed by atoms with Gasteiger partial charge in [0.05, 0.1) is 18.7 Å². The smallest absolute Gasteiger partial charge is 0.325 e. The minimum atomic E-state index is -0.421. The topological polar surface area (TPSA) is 70.4 Å². The van der Waals surface area contributed by atoms with Crippen molar-refractivity contribution < 1.29 is 14.3 Å². The largest absolute Gasteiger partial charge is 0.468 e. The van der Waals surface area contributed by atoms with Gasteiger partial charge in [-0.1, -0.05) is 12.1 Å². The first-order valence-electron chi connectivity index (χ1n) is 6.83. The summed E-state index contributed by atoms with van der Waals surface area (Å²) in [6.45, 7) is 3.70. The zero-order valence-electron chi connectivity index (χ0n) is 12.6. The molecule has 1 amide bonds. The fourth-order valence-corrected chi connectivity index (χ4v) is 1.90. The first-order chi connectivity index (χ1) is 9.97. The third-order valence-electron chi connectivity index (χ3n) is 3.18. The normalized spacial score (nSPS) is 10.0. The standard InChI is InChI=1S/C16H20N2O3/c1-12(2)18(11-16(20)21-3)15(19)9-8-13-4-6-14(10-17)7-5-13/h4-7,12H,8-9,11H2,1-3H3. The number of ether oxygens (including phenoxy) is 1. The van der Waals surface area contributed by atoms with Gasteiger partial charge in [0.25, 0.3) is 0 Å². The Hall–Kier alpha value is -2.35. The maximum Gasteiger partial charge on any atom is 0.325 e. The Morgan fingerprint density at radius 1 is 1.29 bits per heavy atom. The average Bonchev–Trinajstić information content (AvgIpc) is 2.50. The van der Waals surface area contributed by atoms with Crippen LogP contribution in [0.15, 0.2) is 24.3 Å². The van der Waals surface area contributed by atoms with Gasteiger partial charge in [-0.25, -0.2) is 0 Å². The molecular weight excluding hydrogens is 268 g/mol. The van der Waals surface area contributed by atoms with Gasteiger partial charge in [0.2, 0.25) is 5.91 Å². The highest BCUT2D eigenvalue weighted by molar-refractivity contribution is 5.82. The molecule has 0 aromatic heterocycles. The molecule has 1 aromatic carbocycles. The summed E-state index contributed by atoms with van der Waals surface area (Å²) in [7, 11) is 1.31. The predicted octanol–water partition coefficient (Wildman–Crippen LogP) is 1.90. The number of amides is 1. The fraction of sp³-hybridized carbons (Fsp3) is 0.438. The molecule has 21 heavy (non-hydrogen) atoms. The minimum absolute atomic E-state index is 0.0274. The van der Waals surface area contributed by atoms with E-state index in [0.717, 1.165) is 5.56 Å². The Labute approximate surface area is 125 Å². The van der Waals surface area contributed by atoms with Crippen molar-refractivity contribution in [1.82, 2.24) is 4.90 Å². The number of carbonyl (C=O) groups is 2. The second-order valence-corrected chi connectivity index (χ2v) is 5.00. The summed E-state index contributed by atoms with van der Waals surface area (Å²) in [6, 6.07) is 9.14. The number of aryl methyl sites for hydroxylation is 1. The summed E-state index contributed by atoms with van der Waals surface area (Å²) >= 11 is 0. The molecule has 0 spiro atoms. The van der Waals surface area contributed by atoms with E-state index < -0.39 is 5.97 Å². The lowest BCUT2D eigenvalue weighted by Gasteiger charge is -2.25. The second kappa shape index (κ2) is 8.05. The molecule has 0 radical (unpaired) electrons.